The van der Waals surface area contributed by atoms with Crippen LogP contribution >= 0.6 is 0 Å². The number of likely N-dealkylation sites (tertiary alicyclic amines) is 1. The summed E-state index contributed by atoms with van der Waals surface area (Å²) in [5.74, 6) is 0.876. The molecule has 1 aromatic carbocycles. The van der Waals surface area contributed by atoms with E-state index in [2.05, 4.69) is 43.9 Å². The fourth-order valence-corrected chi connectivity index (χ4v) is 2.73. The van der Waals surface area contributed by atoms with Crippen molar-refractivity contribution in [3.05, 3.63) is 34.9 Å². The minimum Gasteiger partial charge on any atom is -0.388 e. The van der Waals surface area contributed by atoms with Crippen LogP contribution in [0, 0.1) is 19.8 Å². The van der Waals surface area contributed by atoms with Crippen molar-refractivity contribution in [1.29, 1.82) is 0 Å². The van der Waals surface area contributed by atoms with Gasteiger partial charge in [-0.05, 0) is 68.8 Å². The van der Waals surface area contributed by atoms with E-state index in [4.69, 9.17) is 0 Å². The number of nitrogens with zero attached hydrogens (tertiary/aromatic N) is 1. The summed E-state index contributed by atoms with van der Waals surface area (Å²) in [6.07, 6.45) is 3.13. The number of aliphatic hydroxyl groups excluding tert-OH is 1. The third-order valence-corrected chi connectivity index (χ3v) is 4.51. The topological polar surface area (TPSA) is 23.5 Å². The molecule has 0 radical (unpaired) electrons. The van der Waals surface area contributed by atoms with E-state index in [0.717, 1.165) is 24.4 Å². The molecule has 1 unspecified atom stereocenters. The van der Waals surface area contributed by atoms with Crippen LogP contribution in [-0.4, -0.2) is 29.6 Å². The van der Waals surface area contributed by atoms with Gasteiger partial charge in [0.1, 0.15) is 0 Å². The number of hydrogen-bond acceptors (Lipinski definition) is 2. The van der Waals surface area contributed by atoms with Gasteiger partial charge in [-0.25, -0.2) is 0 Å². The van der Waals surface area contributed by atoms with Gasteiger partial charge < -0.3 is 10.0 Å². The molecule has 1 aromatic rings. The van der Waals surface area contributed by atoms with Crippen molar-refractivity contribution in [2.24, 2.45) is 5.92 Å². The van der Waals surface area contributed by atoms with E-state index in [-0.39, 0.29) is 6.10 Å². The van der Waals surface area contributed by atoms with Gasteiger partial charge in [-0.3, -0.25) is 0 Å². The Bertz CT molecular complexity index is 408. The van der Waals surface area contributed by atoms with Crippen LogP contribution in [-0.2, 0) is 0 Å². The maximum atomic E-state index is 10.3. The van der Waals surface area contributed by atoms with Gasteiger partial charge in [-0.1, -0.05) is 25.1 Å². The number of aliphatic hydroxyl groups is 1. The van der Waals surface area contributed by atoms with Gasteiger partial charge in [0, 0.05) is 6.54 Å². The molecule has 0 bridgehead atoms. The highest BCUT2D eigenvalue weighted by Gasteiger charge is 2.17. The zero-order valence-electron chi connectivity index (χ0n) is 12.5. The first-order valence-corrected chi connectivity index (χ1v) is 7.54. The van der Waals surface area contributed by atoms with E-state index in [1.54, 1.807) is 0 Å². The van der Waals surface area contributed by atoms with E-state index in [1.807, 2.05) is 0 Å². The van der Waals surface area contributed by atoms with Crippen molar-refractivity contribution in [2.45, 2.75) is 46.1 Å². The Kier molecular flexibility index (Phi) is 5.00. The molecule has 0 aromatic heterocycles. The molecule has 1 heterocycles. The number of piperidine rings is 1. The lowest BCUT2D eigenvalue weighted by molar-refractivity contribution is 0.125. The fourth-order valence-electron chi connectivity index (χ4n) is 2.73. The van der Waals surface area contributed by atoms with E-state index in [0.29, 0.717) is 0 Å². The maximum absolute atomic E-state index is 10.3. The van der Waals surface area contributed by atoms with Crippen LogP contribution in [0.3, 0.4) is 0 Å². The quantitative estimate of drug-likeness (QED) is 0.897. The van der Waals surface area contributed by atoms with Crippen molar-refractivity contribution in [3.8, 4) is 0 Å². The van der Waals surface area contributed by atoms with Crippen LogP contribution in [0.2, 0.25) is 0 Å². The van der Waals surface area contributed by atoms with Gasteiger partial charge >= 0.3 is 0 Å². The van der Waals surface area contributed by atoms with Gasteiger partial charge in [0.2, 0.25) is 0 Å². The lowest BCUT2D eigenvalue weighted by atomic mass is 9.98. The molecule has 1 aliphatic heterocycles. The molecular formula is C17H27NO. The zero-order valence-corrected chi connectivity index (χ0v) is 12.5. The number of aryl methyl sites for hydroxylation is 2. The van der Waals surface area contributed by atoms with E-state index >= 15 is 0 Å². The van der Waals surface area contributed by atoms with Crippen LogP contribution < -0.4 is 0 Å². The fraction of sp³-hybridized carbons (Fsp3) is 0.647. The van der Waals surface area contributed by atoms with Gasteiger partial charge in [0.25, 0.3) is 0 Å². The van der Waals surface area contributed by atoms with Crippen molar-refractivity contribution in [2.75, 3.05) is 19.6 Å². The Labute approximate surface area is 117 Å². The van der Waals surface area contributed by atoms with Crippen LogP contribution in [0.25, 0.3) is 0 Å². The molecule has 2 heteroatoms. The third kappa shape index (κ3) is 4.05. The van der Waals surface area contributed by atoms with Crippen LogP contribution in [0.15, 0.2) is 18.2 Å². The molecular weight excluding hydrogens is 234 g/mol. The molecule has 0 saturated carbocycles. The van der Waals surface area contributed by atoms with Gasteiger partial charge in [0.15, 0.2) is 0 Å². The van der Waals surface area contributed by atoms with Crippen molar-refractivity contribution >= 4 is 0 Å². The number of benzene rings is 1. The van der Waals surface area contributed by atoms with Crippen LogP contribution in [0.1, 0.15) is 49.0 Å². The van der Waals surface area contributed by atoms with E-state index in [9.17, 15) is 5.11 Å². The first-order valence-electron chi connectivity index (χ1n) is 7.54. The summed E-state index contributed by atoms with van der Waals surface area (Å²) < 4.78 is 0. The van der Waals surface area contributed by atoms with Crippen molar-refractivity contribution in [1.82, 2.24) is 4.90 Å². The van der Waals surface area contributed by atoms with Crippen molar-refractivity contribution in [3.63, 3.8) is 0 Å². The molecule has 1 N–H and O–H groups in total. The minimum atomic E-state index is -0.321. The Hall–Kier alpha value is -0.860. The molecule has 1 saturated heterocycles. The standard InChI is InChI=1S/C17H27NO/c1-13-6-9-18(10-7-13)11-8-17(19)16-5-4-14(2)15(3)12-16/h4-5,12-13,17,19H,6-11H2,1-3H3. The first-order chi connectivity index (χ1) is 9.06. The van der Waals surface area contributed by atoms with E-state index < -0.39 is 0 Å². The van der Waals surface area contributed by atoms with Crippen molar-refractivity contribution < 1.29 is 5.11 Å². The summed E-state index contributed by atoms with van der Waals surface area (Å²) in [5.41, 5.74) is 3.62. The largest absolute Gasteiger partial charge is 0.388 e. The monoisotopic (exact) mass is 261 g/mol. The van der Waals surface area contributed by atoms with Gasteiger partial charge in [-0.2, -0.15) is 0 Å². The number of hydrogen-bond donors (Lipinski definition) is 1. The average Bonchev–Trinajstić information content (AvgIpc) is 2.41. The molecule has 0 amide bonds. The van der Waals surface area contributed by atoms with Gasteiger partial charge in [-0.15, -0.1) is 0 Å². The van der Waals surface area contributed by atoms with Crippen LogP contribution in [0.4, 0.5) is 0 Å². The Morgan fingerprint density at radius 3 is 2.53 bits per heavy atom. The van der Waals surface area contributed by atoms with E-state index in [1.165, 1.54) is 37.1 Å². The molecule has 2 nitrogen and oxygen atoms in total. The predicted octanol–water partition coefficient (Wildman–Crippen LogP) is 3.46. The van der Waals surface area contributed by atoms with Crippen LogP contribution in [0.5, 0.6) is 0 Å². The molecule has 19 heavy (non-hydrogen) atoms. The second kappa shape index (κ2) is 6.53. The van der Waals surface area contributed by atoms with Gasteiger partial charge in [0.05, 0.1) is 6.10 Å². The smallest absolute Gasteiger partial charge is 0.0802 e. The third-order valence-electron chi connectivity index (χ3n) is 4.51. The lowest BCUT2D eigenvalue weighted by Gasteiger charge is -2.30. The summed E-state index contributed by atoms with van der Waals surface area (Å²) in [7, 11) is 0. The maximum Gasteiger partial charge on any atom is 0.0802 e. The molecule has 0 aliphatic carbocycles. The summed E-state index contributed by atoms with van der Waals surface area (Å²) in [6, 6.07) is 6.29. The minimum absolute atomic E-state index is 0.321. The zero-order chi connectivity index (χ0) is 13.8. The average molecular weight is 261 g/mol. The summed E-state index contributed by atoms with van der Waals surface area (Å²) in [6.45, 7) is 9.96. The predicted molar refractivity (Wildman–Crippen MR) is 80.3 cm³/mol. The highest BCUT2D eigenvalue weighted by molar-refractivity contribution is 5.31. The lowest BCUT2D eigenvalue weighted by Crippen LogP contribution is -2.34. The molecule has 1 atom stereocenters. The highest BCUT2D eigenvalue weighted by Crippen LogP contribution is 2.22. The normalized spacial score (nSPS) is 19.6. The SMILES string of the molecule is Cc1ccc(C(O)CCN2CCC(C)CC2)cc1C. The Morgan fingerprint density at radius 2 is 1.89 bits per heavy atom. The Balaban J connectivity index is 1.83. The second-order valence-electron chi connectivity index (χ2n) is 6.17. The summed E-state index contributed by atoms with van der Waals surface area (Å²) in [5, 5.41) is 10.3. The first kappa shape index (κ1) is 14.5. The summed E-state index contributed by atoms with van der Waals surface area (Å²) in [4.78, 5) is 2.49. The number of rotatable bonds is 4. The molecule has 1 fully saturated rings. The molecule has 0 spiro atoms. The Morgan fingerprint density at radius 1 is 1.21 bits per heavy atom. The molecule has 1 aliphatic rings. The molecule has 106 valence electrons. The second-order valence-corrected chi connectivity index (χ2v) is 6.17. The summed E-state index contributed by atoms with van der Waals surface area (Å²) >= 11 is 0. The highest BCUT2D eigenvalue weighted by atomic mass is 16.3. The molecule has 2 rings (SSSR count).